The number of hydrogen-bond donors (Lipinski definition) is 0. The topological polar surface area (TPSA) is 17.1 Å². The molecule has 1 nitrogen and oxygen atoms in total. The number of carbonyl (C=O) groups is 1. The van der Waals surface area contributed by atoms with Crippen LogP contribution in [-0.2, 0) is 5.88 Å². The molecule has 0 N–H and O–H groups in total. The van der Waals surface area contributed by atoms with E-state index in [1.807, 2.05) is 12.1 Å². The Balaban J connectivity index is 2.74. The smallest absolute Gasteiger partial charge is 0.151 e. The van der Waals surface area contributed by atoms with Crippen LogP contribution in [0.15, 0.2) is 18.2 Å². The molecule has 0 amide bonds. The highest BCUT2D eigenvalue weighted by atomic mass is 35.5. The zero-order valence-corrected chi connectivity index (χ0v) is 9.42. The number of thiophene rings is 1. The maximum Gasteiger partial charge on any atom is 0.151 e. The molecule has 1 heterocycles. The Hall–Kier alpha value is -0.570. The van der Waals surface area contributed by atoms with Gasteiger partial charge in [0.05, 0.1) is 10.9 Å². The molecule has 0 bridgehead atoms. The number of alkyl halides is 1. The fourth-order valence-corrected chi connectivity index (χ4v) is 2.79. The number of hydrogen-bond acceptors (Lipinski definition) is 2. The van der Waals surface area contributed by atoms with Crippen LogP contribution in [0, 0.1) is 0 Å². The summed E-state index contributed by atoms with van der Waals surface area (Å²) in [7, 11) is 0. The Labute approximate surface area is 95.3 Å². The van der Waals surface area contributed by atoms with Gasteiger partial charge in [-0.3, -0.25) is 4.79 Å². The molecule has 0 atom stereocenters. The van der Waals surface area contributed by atoms with Crippen LogP contribution in [0.2, 0.25) is 5.02 Å². The van der Waals surface area contributed by atoms with E-state index >= 15 is 0 Å². The van der Waals surface area contributed by atoms with Crippen molar-refractivity contribution in [3.63, 3.8) is 0 Å². The van der Waals surface area contributed by atoms with Gasteiger partial charge in [-0.2, -0.15) is 0 Å². The van der Waals surface area contributed by atoms with Gasteiger partial charge >= 0.3 is 0 Å². The Kier molecular flexibility index (Phi) is 2.77. The van der Waals surface area contributed by atoms with E-state index < -0.39 is 0 Å². The van der Waals surface area contributed by atoms with Crippen molar-refractivity contribution in [2.45, 2.75) is 5.88 Å². The summed E-state index contributed by atoms with van der Waals surface area (Å²) in [4.78, 5) is 11.7. The van der Waals surface area contributed by atoms with Crippen LogP contribution in [-0.4, -0.2) is 6.29 Å². The van der Waals surface area contributed by atoms with E-state index in [1.165, 1.54) is 0 Å². The summed E-state index contributed by atoms with van der Waals surface area (Å²) in [5.41, 5.74) is 0.526. The summed E-state index contributed by atoms with van der Waals surface area (Å²) in [5, 5.41) is 1.43. The molecule has 2 aromatic rings. The van der Waals surface area contributed by atoms with Crippen molar-refractivity contribution in [2.24, 2.45) is 0 Å². The first-order chi connectivity index (χ1) is 6.76. The molecule has 4 heteroatoms. The third-order valence-corrected chi connectivity index (χ3v) is 3.94. The molecule has 0 spiro atoms. The van der Waals surface area contributed by atoms with E-state index in [4.69, 9.17) is 23.2 Å². The fourth-order valence-electron chi connectivity index (χ4n) is 1.30. The van der Waals surface area contributed by atoms with Gasteiger partial charge in [0.25, 0.3) is 0 Å². The van der Waals surface area contributed by atoms with Gasteiger partial charge in [0.15, 0.2) is 6.29 Å². The monoisotopic (exact) mass is 244 g/mol. The number of benzene rings is 1. The summed E-state index contributed by atoms with van der Waals surface area (Å²) < 4.78 is 1.07. The van der Waals surface area contributed by atoms with Crippen molar-refractivity contribution < 1.29 is 4.79 Å². The summed E-state index contributed by atoms with van der Waals surface area (Å²) in [6.45, 7) is 0. The van der Waals surface area contributed by atoms with Crippen LogP contribution in [0.5, 0.6) is 0 Å². The quantitative estimate of drug-likeness (QED) is 0.574. The van der Waals surface area contributed by atoms with Crippen LogP contribution in [0.1, 0.15) is 15.2 Å². The SMILES string of the molecule is O=Cc1ccc2sc(CCl)cc2c1Cl. The average molecular weight is 245 g/mol. The molecule has 1 aromatic carbocycles. The van der Waals surface area contributed by atoms with Gasteiger partial charge in [0.2, 0.25) is 0 Å². The van der Waals surface area contributed by atoms with Gasteiger partial charge in [0.1, 0.15) is 0 Å². The highest BCUT2D eigenvalue weighted by Crippen LogP contribution is 2.33. The van der Waals surface area contributed by atoms with Crippen molar-refractivity contribution in [1.29, 1.82) is 0 Å². The van der Waals surface area contributed by atoms with Crippen LogP contribution >= 0.6 is 34.5 Å². The van der Waals surface area contributed by atoms with E-state index in [1.54, 1.807) is 17.4 Å². The number of aldehydes is 1. The van der Waals surface area contributed by atoms with Crippen molar-refractivity contribution in [1.82, 2.24) is 0 Å². The normalized spacial score (nSPS) is 10.7. The molecule has 0 radical (unpaired) electrons. The van der Waals surface area contributed by atoms with Crippen LogP contribution in [0.4, 0.5) is 0 Å². The Bertz CT molecular complexity index is 490. The highest BCUT2D eigenvalue weighted by Gasteiger charge is 2.08. The lowest BCUT2D eigenvalue weighted by atomic mass is 10.2. The molecule has 0 unspecified atom stereocenters. The molecular formula is C10H6Cl2OS. The van der Waals surface area contributed by atoms with E-state index in [9.17, 15) is 4.79 Å². The molecule has 1 aromatic heterocycles. The summed E-state index contributed by atoms with van der Waals surface area (Å²) in [6, 6.07) is 5.56. The van der Waals surface area contributed by atoms with Gasteiger partial charge in [-0.05, 0) is 18.2 Å². The minimum Gasteiger partial charge on any atom is -0.298 e. The second kappa shape index (κ2) is 3.89. The van der Waals surface area contributed by atoms with Gasteiger partial charge in [-0.15, -0.1) is 22.9 Å². The molecule has 0 saturated heterocycles. The molecule has 14 heavy (non-hydrogen) atoms. The van der Waals surface area contributed by atoms with Crippen molar-refractivity contribution in [3.05, 3.63) is 33.7 Å². The predicted octanol–water partition coefficient (Wildman–Crippen LogP) is 4.11. The van der Waals surface area contributed by atoms with Crippen molar-refractivity contribution >= 4 is 50.9 Å². The second-order valence-corrected chi connectivity index (χ2v) is 4.66. The maximum absolute atomic E-state index is 10.6. The van der Waals surface area contributed by atoms with Crippen LogP contribution in [0.3, 0.4) is 0 Å². The summed E-state index contributed by atoms with van der Waals surface area (Å²) in [6.07, 6.45) is 0.764. The lowest BCUT2D eigenvalue weighted by Crippen LogP contribution is -1.80. The third-order valence-electron chi connectivity index (χ3n) is 1.97. The van der Waals surface area contributed by atoms with E-state index in [0.717, 1.165) is 21.2 Å². The predicted molar refractivity (Wildman–Crippen MR) is 61.8 cm³/mol. The zero-order chi connectivity index (χ0) is 10.1. The molecule has 0 aliphatic rings. The molecule has 0 fully saturated rings. The molecule has 0 aliphatic carbocycles. The highest BCUT2D eigenvalue weighted by molar-refractivity contribution is 7.19. The van der Waals surface area contributed by atoms with Crippen LogP contribution in [0.25, 0.3) is 10.1 Å². The third kappa shape index (κ3) is 1.54. The Morgan fingerprint density at radius 2 is 2.21 bits per heavy atom. The van der Waals surface area contributed by atoms with Gasteiger partial charge < -0.3 is 0 Å². The molecular weight excluding hydrogens is 239 g/mol. The summed E-state index contributed by atoms with van der Waals surface area (Å²) in [5.74, 6) is 0.478. The minimum absolute atomic E-state index is 0.478. The minimum atomic E-state index is 0.478. The zero-order valence-electron chi connectivity index (χ0n) is 7.09. The van der Waals surface area contributed by atoms with E-state index in [2.05, 4.69) is 0 Å². The first-order valence-corrected chi connectivity index (χ1v) is 5.71. The Morgan fingerprint density at radius 1 is 1.43 bits per heavy atom. The first kappa shape index (κ1) is 9.97. The first-order valence-electron chi connectivity index (χ1n) is 3.98. The number of halogens is 2. The Morgan fingerprint density at radius 3 is 2.86 bits per heavy atom. The largest absolute Gasteiger partial charge is 0.298 e. The van der Waals surface area contributed by atoms with Crippen molar-refractivity contribution in [3.8, 4) is 0 Å². The van der Waals surface area contributed by atoms with Crippen molar-refractivity contribution in [2.75, 3.05) is 0 Å². The molecule has 0 saturated carbocycles. The lowest BCUT2D eigenvalue weighted by Gasteiger charge is -1.96. The van der Waals surface area contributed by atoms with Gasteiger partial charge in [-0.1, -0.05) is 11.6 Å². The number of fused-ring (bicyclic) bond motifs is 1. The van der Waals surface area contributed by atoms with Gasteiger partial charge in [0, 0.05) is 20.5 Å². The van der Waals surface area contributed by atoms with Gasteiger partial charge in [-0.25, -0.2) is 0 Å². The average Bonchev–Trinajstić information content (AvgIpc) is 2.62. The number of carbonyl (C=O) groups excluding carboxylic acids is 1. The van der Waals surface area contributed by atoms with E-state index in [-0.39, 0.29) is 0 Å². The maximum atomic E-state index is 10.6. The van der Waals surface area contributed by atoms with Crippen LogP contribution < -0.4 is 0 Å². The summed E-state index contributed by atoms with van der Waals surface area (Å²) >= 11 is 13.4. The molecule has 72 valence electrons. The standard InChI is InChI=1S/C10H6Cl2OS/c11-4-7-3-8-9(14-7)2-1-6(5-13)10(8)12/h1-3,5H,4H2. The molecule has 2 rings (SSSR count). The fraction of sp³-hybridized carbons (Fsp3) is 0.100. The second-order valence-electron chi connectivity index (χ2n) is 2.84. The number of rotatable bonds is 2. The van der Waals surface area contributed by atoms with E-state index in [0.29, 0.717) is 16.5 Å². The lowest BCUT2D eigenvalue weighted by molar-refractivity contribution is 0.112. The molecule has 0 aliphatic heterocycles.